The number of carbonyl (C=O) groups is 1. The molecule has 0 unspecified atom stereocenters. The summed E-state index contributed by atoms with van der Waals surface area (Å²) in [6.07, 6.45) is 0.111. The molecule has 0 amide bonds. The van der Waals surface area contributed by atoms with Gasteiger partial charge in [0.25, 0.3) is 0 Å². The van der Waals surface area contributed by atoms with Crippen molar-refractivity contribution in [1.82, 2.24) is 0 Å². The van der Waals surface area contributed by atoms with E-state index in [9.17, 15) is 4.79 Å². The standard InChI is InChI=1S/C9H10O2.Ca.2H/c1-7-2-4-8(5-3-7)6-9(10)11;;;/h2-5H,6H2,1H3,(H,10,11);;;. The maximum absolute atomic E-state index is 10.3. The summed E-state index contributed by atoms with van der Waals surface area (Å²) >= 11 is 0. The topological polar surface area (TPSA) is 37.3 Å². The Labute approximate surface area is 102 Å². The second kappa shape index (κ2) is 5.57. The van der Waals surface area contributed by atoms with Crippen LogP contribution in [-0.4, -0.2) is 48.8 Å². The molecule has 12 heavy (non-hydrogen) atoms. The molecular weight excluding hydrogens is 180 g/mol. The van der Waals surface area contributed by atoms with Crippen LogP contribution in [0.1, 0.15) is 11.1 Å². The molecule has 1 aromatic carbocycles. The summed E-state index contributed by atoms with van der Waals surface area (Å²) in [4.78, 5) is 10.3. The predicted molar refractivity (Wildman–Crippen MR) is 51.1 cm³/mol. The summed E-state index contributed by atoms with van der Waals surface area (Å²) in [5, 5.41) is 8.44. The van der Waals surface area contributed by atoms with Gasteiger partial charge in [-0.15, -0.1) is 0 Å². The summed E-state index contributed by atoms with van der Waals surface area (Å²) < 4.78 is 0. The first kappa shape index (κ1) is 11.9. The van der Waals surface area contributed by atoms with Crippen LogP contribution in [0.2, 0.25) is 0 Å². The zero-order chi connectivity index (χ0) is 8.27. The second-order valence-electron chi connectivity index (χ2n) is 2.56. The van der Waals surface area contributed by atoms with Gasteiger partial charge in [-0.05, 0) is 12.5 Å². The van der Waals surface area contributed by atoms with E-state index in [4.69, 9.17) is 5.11 Å². The Morgan fingerprint density at radius 2 is 1.83 bits per heavy atom. The second-order valence-corrected chi connectivity index (χ2v) is 2.56. The molecule has 1 N–H and O–H groups in total. The van der Waals surface area contributed by atoms with Gasteiger partial charge in [0, 0.05) is 0 Å². The van der Waals surface area contributed by atoms with E-state index in [0.717, 1.165) is 11.1 Å². The zero-order valence-electron chi connectivity index (χ0n) is 6.37. The molecule has 0 radical (unpaired) electrons. The van der Waals surface area contributed by atoms with E-state index >= 15 is 0 Å². The van der Waals surface area contributed by atoms with Gasteiger partial charge in [0.05, 0.1) is 6.42 Å². The van der Waals surface area contributed by atoms with Gasteiger partial charge in [-0.3, -0.25) is 4.79 Å². The average molecular weight is 192 g/mol. The first-order chi connectivity index (χ1) is 5.18. The summed E-state index contributed by atoms with van der Waals surface area (Å²) in [6.45, 7) is 1.98. The van der Waals surface area contributed by atoms with Crippen LogP contribution in [0.5, 0.6) is 0 Å². The third-order valence-corrected chi connectivity index (χ3v) is 1.48. The fourth-order valence-electron chi connectivity index (χ4n) is 0.881. The van der Waals surface area contributed by atoms with Crippen molar-refractivity contribution in [3.05, 3.63) is 35.4 Å². The Morgan fingerprint density at radius 1 is 1.33 bits per heavy atom. The van der Waals surface area contributed by atoms with Crippen molar-refractivity contribution in [1.29, 1.82) is 0 Å². The first-order valence-electron chi connectivity index (χ1n) is 3.46. The van der Waals surface area contributed by atoms with Crippen LogP contribution < -0.4 is 0 Å². The van der Waals surface area contributed by atoms with Crippen molar-refractivity contribution in [2.24, 2.45) is 0 Å². The van der Waals surface area contributed by atoms with Gasteiger partial charge < -0.3 is 5.11 Å². The van der Waals surface area contributed by atoms with Crippen LogP contribution in [0.25, 0.3) is 0 Å². The summed E-state index contributed by atoms with van der Waals surface area (Å²) in [5.41, 5.74) is 2.00. The van der Waals surface area contributed by atoms with Gasteiger partial charge in [-0.1, -0.05) is 29.8 Å². The van der Waals surface area contributed by atoms with E-state index in [1.165, 1.54) is 0 Å². The molecule has 0 aromatic heterocycles. The molecule has 0 saturated carbocycles. The third-order valence-electron chi connectivity index (χ3n) is 1.48. The van der Waals surface area contributed by atoms with E-state index in [2.05, 4.69) is 0 Å². The minimum atomic E-state index is -0.783. The molecule has 0 spiro atoms. The molecule has 0 atom stereocenters. The number of rotatable bonds is 2. The van der Waals surface area contributed by atoms with Crippen molar-refractivity contribution in [2.45, 2.75) is 13.3 Å². The zero-order valence-corrected chi connectivity index (χ0v) is 6.37. The first-order valence-corrected chi connectivity index (χ1v) is 3.46. The Hall–Kier alpha value is -0.0503. The molecule has 0 saturated heterocycles. The average Bonchev–Trinajstić information content (AvgIpc) is 1.93. The third kappa shape index (κ3) is 4.10. The Morgan fingerprint density at radius 3 is 2.25 bits per heavy atom. The molecule has 0 fully saturated rings. The van der Waals surface area contributed by atoms with Gasteiger partial charge in [0.15, 0.2) is 0 Å². The SMILES string of the molecule is Cc1ccc(CC(=O)O)cc1.[CaH2]. The summed E-state index contributed by atoms with van der Waals surface area (Å²) in [7, 11) is 0. The van der Waals surface area contributed by atoms with Crippen LogP contribution in [0.4, 0.5) is 0 Å². The monoisotopic (exact) mass is 192 g/mol. The molecule has 1 aromatic rings. The van der Waals surface area contributed by atoms with Crippen LogP contribution in [-0.2, 0) is 11.2 Å². The molecule has 0 aliphatic rings. The van der Waals surface area contributed by atoms with Gasteiger partial charge in [0.2, 0.25) is 0 Å². The van der Waals surface area contributed by atoms with E-state index < -0.39 is 5.97 Å². The molecule has 2 nitrogen and oxygen atoms in total. The van der Waals surface area contributed by atoms with Crippen molar-refractivity contribution < 1.29 is 9.90 Å². The summed E-state index contributed by atoms with van der Waals surface area (Å²) in [6, 6.07) is 7.50. The molecule has 1 rings (SSSR count). The van der Waals surface area contributed by atoms with E-state index in [1.807, 2.05) is 31.2 Å². The van der Waals surface area contributed by atoms with Crippen molar-refractivity contribution in [2.75, 3.05) is 0 Å². The van der Waals surface area contributed by atoms with E-state index in [-0.39, 0.29) is 44.2 Å². The molecule has 0 heterocycles. The van der Waals surface area contributed by atoms with E-state index in [1.54, 1.807) is 0 Å². The molecule has 0 aliphatic carbocycles. The van der Waals surface area contributed by atoms with Crippen LogP contribution >= 0.6 is 0 Å². The number of aryl methyl sites for hydroxylation is 1. The summed E-state index contributed by atoms with van der Waals surface area (Å²) in [5.74, 6) is -0.783. The fraction of sp³-hybridized carbons (Fsp3) is 0.222. The maximum atomic E-state index is 10.3. The molecule has 62 valence electrons. The Kier molecular flexibility index (Phi) is 5.55. The van der Waals surface area contributed by atoms with Crippen LogP contribution in [0.3, 0.4) is 0 Å². The molecular formula is C9H12CaO2. The number of aliphatic carboxylic acids is 1. The normalized spacial score (nSPS) is 8.75. The number of carboxylic acids is 1. The number of hydrogen-bond donors (Lipinski definition) is 1. The van der Waals surface area contributed by atoms with Crippen molar-refractivity contribution >= 4 is 43.7 Å². The van der Waals surface area contributed by atoms with Crippen molar-refractivity contribution in [3.63, 3.8) is 0 Å². The number of hydrogen-bond acceptors (Lipinski definition) is 1. The van der Waals surface area contributed by atoms with Crippen molar-refractivity contribution in [3.8, 4) is 0 Å². The van der Waals surface area contributed by atoms with Gasteiger partial charge in [-0.2, -0.15) is 0 Å². The van der Waals surface area contributed by atoms with E-state index in [0.29, 0.717) is 0 Å². The fourth-order valence-corrected chi connectivity index (χ4v) is 0.881. The number of carboxylic acid groups (broad SMARTS) is 1. The quantitative estimate of drug-likeness (QED) is 0.701. The molecule has 0 bridgehead atoms. The molecule has 0 aliphatic heterocycles. The minimum absolute atomic E-state index is 0. The van der Waals surface area contributed by atoms with Crippen LogP contribution in [0, 0.1) is 6.92 Å². The molecule has 3 heteroatoms. The Balaban J connectivity index is 0.00000121. The number of benzene rings is 1. The van der Waals surface area contributed by atoms with Gasteiger partial charge >= 0.3 is 43.7 Å². The van der Waals surface area contributed by atoms with Crippen LogP contribution in [0.15, 0.2) is 24.3 Å². The van der Waals surface area contributed by atoms with Gasteiger partial charge in [0.1, 0.15) is 0 Å². The van der Waals surface area contributed by atoms with Gasteiger partial charge in [-0.25, -0.2) is 0 Å². The Bertz CT molecular complexity index is 254. The predicted octanol–water partition coefficient (Wildman–Crippen LogP) is 0.706.